The topological polar surface area (TPSA) is 117 Å². The van der Waals surface area contributed by atoms with E-state index in [1.165, 1.54) is 4.68 Å². The molecule has 5 rings (SSSR count). The van der Waals surface area contributed by atoms with Crippen molar-refractivity contribution in [1.29, 1.82) is 0 Å². The fourth-order valence-electron chi connectivity index (χ4n) is 4.50. The van der Waals surface area contributed by atoms with E-state index in [9.17, 15) is 14.7 Å². The van der Waals surface area contributed by atoms with Crippen LogP contribution in [0.4, 0.5) is 5.95 Å². The zero-order valence-corrected chi connectivity index (χ0v) is 19.8. The predicted octanol–water partition coefficient (Wildman–Crippen LogP) is 0.627. The van der Waals surface area contributed by atoms with Crippen molar-refractivity contribution in [3.63, 3.8) is 0 Å². The fourth-order valence-corrected chi connectivity index (χ4v) is 4.50. The number of hydrogen-bond acceptors (Lipinski definition) is 9. The molecule has 1 N–H and O–H groups in total. The smallest absolute Gasteiger partial charge is 0.263 e. The average molecular weight is 480 g/mol. The van der Waals surface area contributed by atoms with E-state index < -0.39 is 0 Å². The number of ether oxygens (including phenoxy) is 1. The summed E-state index contributed by atoms with van der Waals surface area (Å²) < 4.78 is 6.84. The van der Waals surface area contributed by atoms with Crippen molar-refractivity contribution in [1.82, 2.24) is 29.5 Å². The first-order valence-corrected chi connectivity index (χ1v) is 11.8. The maximum absolute atomic E-state index is 13.3. The molecule has 2 aliphatic heterocycles. The molecule has 0 bridgehead atoms. The van der Waals surface area contributed by atoms with Crippen molar-refractivity contribution >= 4 is 28.8 Å². The van der Waals surface area contributed by atoms with Crippen molar-refractivity contribution in [3.8, 4) is 11.3 Å². The molecule has 2 saturated heterocycles. The molecule has 11 heteroatoms. The van der Waals surface area contributed by atoms with Gasteiger partial charge in [-0.15, -0.1) is 0 Å². The van der Waals surface area contributed by atoms with Crippen LogP contribution in [-0.4, -0.2) is 105 Å². The molecule has 2 fully saturated rings. The summed E-state index contributed by atoms with van der Waals surface area (Å²) in [7, 11) is 0. The highest BCUT2D eigenvalue weighted by molar-refractivity contribution is 5.96. The number of carbonyl (C=O) groups is 2. The van der Waals surface area contributed by atoms with Crippen molar-refractivity contribution in [2.75, 3.05) is 63.9 Å². The molecule has 0 unspecified atom stereocenters. The first-order valence-electron chi connectivity index (χ1n) is 11.8. The van der Waals surface area contributed by atoms with Gasteiger partial charge in [0.25, 0.3) is 5.91 Å². The van der Waals surface area contributed by atoms with Gasteiger partial charge >= 0.3 is 0 Å². The second-order valence-electron chi connectivity index (χ2n) is 8.80. The number of amides is 1. The van der Waals surface area contributed by atoms with Crippen LogP contribution in [0.2, 0.25) is 0 Å². The molecule has 0 atom stereocenters. The van der Waals surface area contributed by atoms with E-state index in [4.69, 9.17) is 14.7 Å². The van der Waals surface area contributed by atoms with Crippen molar-refractivity contribution in [2.45, 2.75) is 13.5 Å². The summed E-state index contributed by atoms with van der Waals surface area (Å²) in [6, 6.07) is 7.54. The summed E-state index contributed by atoms with van der Waals surface area (Å²) in [6.45, 7) is 6.65. The van der Waals surface area contributed by atoms with Gasteiger partial charge in [0, 0.05) is 51.8 Å². The first kappa shape index (κ1) is 23.3. The SMILES string of the molecule is CC(=O)N1CCN(CC(=O)n2ncc3c(-c4cccc(CO)c4)nc(N4CCOCC4)nc32)CC1. The fraction of sp³-hybridized carbons (Fsp3) is 0.458. The van der Waals surface area contributed by atoms with Gasteiger partial charge < -0.3 is 19.6 Å². The zero-order chi connectivity index (χ0) is 24.4. The van der Waals surface area contributed by atoms with Gasteiger partial charge in [0.2, 0.25) is 11.9 Å². The number of aromatic nitrogens is 4. The lowest BCUT2D eigenvalue weighted by Gasteiger charge is -2.33. The van der Waals surface area contributed by atoms with E-state index in [1.54, 1.807) is 18.0 Å². The average Bonchev–Trinajstić information content (AvgIpc) is 3.33. The molecule has 35 heavy (non-hydrogen) atoms. The highest BCUT2D eigenvalue weighted by Crippen LogP contribution is 2.29. The summed E-state index contributed by atoms with van der Waals surface area (Å²) in [5.74, 6) is 0.395. The lowest BCUT2D eigenvalue weighted by Crippen LogP contribution is -2.49. The van der Waals surface area contributed by atoms with Gasteiger partial charge in [-0.25, -0.2) is 4.98 Å². The minimum absolute atomic E-state index is 0.0548. The van der Waals surface area contributed by atoms with Gasteiger partial charge in [-0.3, -0.25) is 14.5 Å². The molecule has 11 nitrogen and oxygen atoms in total. The Hall–Kier alpha value is -3.41. The highest BCUT2D eigenvalue weighted by Gasteiger charge is 2.25. The van der Waals surface area contributed by atoms with Crippen LogP contribution in [0.3, 0.4) is 0 Å². The number of carbonyl (C=O) groups excluding carboxylic acids is 2. The van der Waals surface area contributed by atoms with Gasteiger partial charge in [0.05, 0.1) is 43.6 Å². The van der Waals surface area contributed by atoms with Crippen LogP contribution in [-0.2, 0) is 16.1 Å². The molecular weight excluding hydrogens is 450 g/mol. The maximum Gasteiger partial charge on any atom is 0.263 e. The van der Waals surface area contributed by atoms with Gasteiger partial charge in [-0.05, 0) is 11.6 Å². The molecule has 0 saturated carbocycles. The summed E-state index contributed by atoms with van der Waals surface area (Å²) in [4.78, 5) is 40.4. The van der Waals surface area contributed by atoms with Crippen LogP contribution in [0.1, 0.15) is 17.3 Å². The number of hydrogen-bond donors (Lipinski definition) is 1. The van der Waals surface area contributed by atoms with E-state index in [0.717, 1.165) is 11.1 Å². The second kappa shape index (κ2) is 10.1. The summed E-state index contributed by atoms with van der Waals surface area (Å²) in [5, 5.41) is 14.7. The number of nitrogens with zero attached hydrogens (tertiary/aromatic N) is 7. The normalized spacial score (nSPS) is 17.2. The first-order chi connectivity index (χ1) is 17.0. The number of aliphatic hydroxyl groups excluding tert-OH is 1. The molecule has 0 spiro atoms. The Morgan fingerprint density at radius 1 is 1.06 bits per heavy atom. The van der Waals surface area contributed by atoms with Crippen LogP contribution >= 0.6 is 0 Å². The Morgan fingerprint density at radius 3 is 2.54 bits per heavy atom. The molecule has 1 amide bonds. The minimum atomic E-state index is -0.182. The molecule has 1 aromatic carbocycles. The van der Waals surface area contributed by atoms with Crippen LogP contribution in [0, 0.1) is 0 Å². The monoisotopic (exact) mass is 479 g/mol. The van der Waals surface area contributed by atoms with E-state index in [0.29, 0.717) is 75.2 Å². The molecular formula is C24H29N7O4. The maximum atomic E-state index is 13.3. The van der Waals surface area contributed by atoms with E-state index in [1.807, 2.05) is 34.1 Å². The quantitative estimate of drug-likeness (QED) is 0.562. The zero-order valence-electron chi connectivity index (χ0n) is 19.8. The lowest BCUT2D eigenvalue weighted by molar-refractivity contribution is -0.130. The van der Waals surface area contributed by atoms with Crippen LogP contribution < -0.4 is 4.90 Å². The number of fused-ring (bicyclic) bond motifs is 1. The second-order valence-corrected chi connectivity index (χ2v) is 8.80. The number of piperazine rings is 1. The van der Waals surface area contributed by atoms with E-state index >= 15 is 0 Å². The van der Waals surface area contributed by atoms with E-state index in [-0.39, 0.29) is 25.0 Å². The number of rotatable bonds is 5. The van der Waals surface area contributed by atoms with Crippen molar-refractivity contribution in [2.24, 2.45) is 0 Å². The third-order valence-electron chi connectivity index (χ3n) is 6.51. The van der Waals surface area contributed by atoms with Crippen LogP contribution in [0.5, 0.6) is 0 Å². The largest absolute Gasteiger partial charge is 0.392 e. The molecule has 184 valence electrons. The molecule has 4 heterocycles. The standard InChI is InChI=1S/C24H29N7O4/c1-17(33)29-7-5-28(6-8-29)15-21(34)31-23-20(14-25-31)22(19-4-2-3-18(13-19)16-32)26-24(27-23)30-9-11-35-12-10-30/h2-4,13-14,32H,5-12,15-16H2,1H3. The third kappa shape index (κ3) is 4.88. The molecule has 3 aromatic rings. The third-order valence-corrected chi connectivity index (χ3v) is 6.51. The van der Waals surface area contributed by atoms with Gasteiger partial charge in [-0.2, -0.15) is 14.8 Å². The molecule has 2 aliphatic rings. The van der Waals surface area contributed by atoms with Crippen molar-refractivity contribution < 1.29 is 19.4 Å². The van der Waals surface area contributed by atoms with Gasteiger partial charge in [0.15, 0.2) is 5.65 Å². The van der Waals surface area contributed by atoms with Gasteiger partial charge in [-0.1, -0.05) is 18.2 Å². The highest BCUT2D eigenvalue weighted by atomic mass is 16.5. The predicted molar refractivity (Wildman–Crippen MR) is 129 cm³/mol. The number of anilines is 1. The Balaban J connectivity index is 1.49. The number of benzene rings is 1. The lowest BCUT2D eigenvalue weighted by atomic mass is 10.1. The molecule has 0 aliphatic carbocycles. The summed E-state index contributed by atoms with van der Waals surface area (Å²) in [5.41, 5.74) is 2.72. The minimum Gasteiger partial charge on any atom is -0.392 e. The summed E-state index contributed by atoms with van der Waals surface area (Å²) in [6.07, 6.45) is 1.63. The summed E-state index contributed by atoms with van der Waals surface area (Å²) >= 11 is 0. The van der Waals surface area contributed by atoms with Crippen LogP contribution in [0.25, 0.3) is 22.3 Å². The van der Waals surface area contributed by atoms with Crippen molar-refractivity contribution in [3.05, 3.63) is 36.0 Å². The van der Waals surface area contributed by atoms with Gasteiger partial charge in [0.1, 0.15) is 0 Å². The Kier molecular flexibility index (Phi) is 6.71. The number of aliphatic hydroxyl groups is 1. The van der Waals surface area contributed by atoms with E-state index in [2.05, 4.69) is 5.10 Å². The Labute approximate surface area is 202 Å². The van der Waals surface area contributed by atoms with Crippen LogP contribution in [0.15, 0.2) is 30.5 Å². The Morgan fingerprint density at radius 2 is 1.83 bits per heavy atom. The molecule has 2 aromatic heterocycles. The molecule has 0 radical (unpaired) electrons. The number of morpholine rings is 1. The Bertz CT molecular complexity index is 1230.